The zero-order valence-corrected chi connectivity index (χ0v) is 22.6. The number of H-pyrrole nitrogens is 4. The van der Waals surface area contributed by atoms with Gasteiger partial charge in [0.1, 0.15) is 0 Å². The van der Waals surface area contributed by atoms with Crippen molar-refractivity contribution in [3.8, 4) is 0 Å². The number of hydrogen-bond donors (Lipinski definition) is 4. The second-order valence-electron chi connectivity index (χ2n) is 9.33. The molecule has 196 valence electrons. The lowest BCUT2D eigenvalue weighted by atomic mass is 10.1. The third-order valence-corrected chi connectivity index (χ3v) is 7.35. The number of aromatic nitrogens is 4. The predicted octanol–water partition coefficient (Wildman–Crippen LogP) is 5.77. The molecule has 1 aliphatic rings. The van der Waals surface area contributed by atoms with E-state index in [9.17, 15) is 0 Å². The normalized spacial score (nSPS) is 11.6. The third kappa shape index (κ3) is 3.94. The second-order valence-corrected chi connectivity index (χ2v) is 9.33. The van der Waals surface area contributed by atoms with E-state index >= 15 is 0 Å². The first-order valence-electron chi connectivity index (χ1n) is 12.9. The SMILES string of the molecule is C=Cc1c2[nH]c(c1C=C)C=c1[nH]c(c(C=C)c1C=C)=Cc1[nH]c(c(C=C)c1C=C)C=c1[nH]c(c(C=C)c1C=C)=C2. The average Bonchev–Trinajstić information content (AvgIpc) is 3.67. The fourth-order valence-electron chi connectivity index (χ4n) is 5.53. The molecular weight excluding hydrogens is 488 g/mol. The van der Waals surface area contributed by atoms with Gasteiger partial charge in [0.25, 0.3) is 0 Å². The first kappa shape index (κ1) is 26.1. The number of nitrogens with one attached hydrogen (secondary N) is 4. The standard InChI is InChI=1S/C36H32N4/c1-9-21-22(10-2)30-18-32-25(13-5)26(14-6)34(39-32)20-36-28(16-8)27(15-7)35(40-36)19-33-24(12-4)23(11-3)31(38-33)17-29(21)37-30/h9-20,37-40H,1-8H2. The molecule has 4 N–H and O–H groups in total. The van der Waals surface area contributed by atoms with Crippen LogP contribution in [0.2, 0.25) is 0 Å². The highest BCUT2D eigenvalue weighted by atomic mass is 14.8. The van der Waals surface area contributed by atoms with E-state index in [0.717, 1.165) is 88.7 Å². The Morgan fingerprint density at radius 3 is 0.675 bits per heavy atom. The van der Waals surface area contributed by atoms with Crippen molar-refractivity contribution in [1.29, 1.82) is 0 Å². The van der Waals surface area contributed by atoms with Gasteiger partial charge in [-0.1, -0.05) is 101 Å². The molecular formula is C36H32N4. The Kier molecular flexibility index (Phi) is 6.76. The van der Waals surface area contributed by atoms with Crippen LogP contribution in [0.5, 0.6) is 0 Å². The van der Waals surface area contributed by atoms with E-state index < -0.39 is 0 Å². The number of aromatic amines is 4. The summed E-state index contributed by atoms with van der Waals surface area (Å²) in [6, 6.07) is 0. The molecule has 0 saturated heterocycles. The first-order valence-corrected chi connectivity index (χ1v) is 12.9. The predicted molar refractivity (Wildman–Crippen MR) is 177 cm³/mol. The third-order valence-electron chi connectivity index (χ3n) is 7.35. The quantitative estimate of drug-likeness (QED) is 0.201. The van der Waals surface area contributed by atoms with Gasteiger partial charge < -0.3 is 19.9 Å². The van der Waals surface area contributed by atoms with Gasteiger partial charge in [0.05, 0.1) is 0 Å². The summed E-state index contributed by atoms with van der Waals surface area (Å²) in [5.41, 5.74) is 11.1. The highest BCUT2D eigenvalue weighted by Gasteiger charge is 2.16. The molecule has 4 nitrogen and oxygen atoms in total. The van der Waals surface area contributed by atoms with Crippen molar-refractivity contribution < 1.29 is 0 Å². The molecule has 40 heavy (non-hydrogen) atoms. The summed E-state index contributed by atoms with van der Waals surface area (Å²) in [6.45, 7) is 32.7. The van der Waals surface area contributed by atoms with Gasteiger partial charge in [-0.25, -0.2) is 0 Å². The van der Waals surface area contributed by atoms with Gasteiger partial charge in [0.15, 0.2) is 0 Å². The molecule has 4 heteroatoms. The summed E-state index contributed by atoms with van der Waals surface area (Å²) in [5.74, 6) is 0. The molecule has 0 aliphatic carbocycles. The zero-order chi connectivity index (χ0) is 28.6. The Labute approximate surface area is 233 Å². The number of fused-ring (bicyclic) bond motifs is 8. The molecule has 0 saturated carbocycles. The van der Waals surface area contributed by atoms with E-state index in [0.29, 0.717) is 0 Å². The van der Waals surface area contributed by atoms with Crippen LogP contribution < -0.4 is 21.4 Å². The Hall–Kier alpha value is -5.48. The second kappa shape index (κ2) is 10.4. The minimum atomic E-state index is 0.889. The molecule has 0 spiro atoms. The Balaban J connectivity index is 2.07. The molecule has 4 aromatic rings. The Morgan fingerprint density at radius 2 is 0.500 bits per heavy atom. The van der Waals surface area contributed by atoms with E-state index in [1.54, 1.807) is 0 Å². The zero-order valence-electron chi connectivity index (χ0n) is 22.6. The van der Waals surface area contributed by atoms with Crippen LogP contribution in [0, 0.1) is 0 Å². The lowest BCUT2D eigenvalue weighted by Gasteiger charge is -1.96. The lowest BCUT2D eigenvalue weighted by molar-refractivity contribution is 1.22. The summed E-state index contributed by atoms with van der Waals surface area (Å²) in [7, 11) is 0. The molecule has 0 unspecified atom stereocenters. The number of rotatable bonds is 8. The maximum Gasteiger partial charge on any atom is 0.0485 e. The van der Waals surface area contributed by atoms with Crippen LogP contribution in [0.1, 0.15) is 67.3 Å². The van der Waals surface area contributed by atoms with Crippen molar-refractivity contribution >= 4 is 72.9 Å². The topological polar surface area (TPSA) is 63.2 Å². The van der Waals surface area contributed by atoms with Crippen molar-refractivity contribution in [2.75, 3.05) is 0 Å². The first-order chi connectivity index (χ1) is 19.5. The van der Waals surface area contributed by atoms with Gasteiger partial charge in [-0.2, -0.15) is 0 Å². The highest BCUT2D eigenvalue weighted by molar-refractivity contribution is 5.82. The van der Waals surface area contributed by atoms with Crippen molar-refractivity contribution in [2.24, 2.45) is 0 Å². The van der Waals surface area contributed by atoms with Gasteiger partial charge in [-0.3, -0.25) is 0 Å². The Bertz CT molecular complexity index is 1750. The maximum atomic E-state index is 4.09. The average molecular weight is 521 g/mol. The molecule has 0 aromatic carbocycles. The molecule has 0 amide bonds. The monoisotopic (exact) mass is 520 g/mol. The van der Waals surface area contributed by atoms with Crippen LogP contribution in [-0.2, 0) is 0 Å². The van der Waals surface area contributed by atoms with E-state index in [1.807, 2.05) is 48.6 Å². The van der Waals surface area contributed by atoms with Crippen molar-refractivity contribution in [3.05, 3.63) is 141 Å². The van der Waals surface area contributed by atoms with Crippen LogP contribution in [0.25, 0.3) is 72.9 Å². The van der Waals surface area contributed by atoms with Gasteiger partial charge in [0, 0.05) is 88.7 Å². The van der Waals surface area contributed by atoms with Gasteiger partial charge in [-0.05, 0) is 24.3 Å². The number of hydrogen-bond acceptors (Lipinski definition) is 0. The molecule has 5 rings (SSSR count). The molecule has 4 aromatic heterocycles. The molecule has 5 heterocycles. The van der Waals surface area contributed by atoms with Crippen molar-refractivity contribution in [2.45, 2.75) is 0 Å². The summed E-state index contributed by atoms with van der Waals surface area (Å²) in [4.78, 5) is 14.3. The van der Waals surface area contributed by atoms with Crippen molar-refractivity contribution in [1.82, 2.24) is 19.9 Å². The van der Waals surface area contributed by atoms with E-state index in [-0.39, 0.29) is 0 Å². The maximum absolute atomic E-state index is 4.09. The van der Waals surface area contributed by atoms with Gasteiger partial charge in [0.2, 0.25) is 0 Å². The summed E-state index contributed by atoms with van der Waals surface area (Å²) in [6.07, 6.45) is 23.0. The summed E-state index contributed by atoms with van der Waals surface area (Å²) < 4.78 is 0. The summed E-state index contributed by atoms with van der Waals surface area (Å²) in [5, 5.41) is 3.56. The minimum Gasteiger partial charge on any atom is -0.354 e. The van der Waals surface area contributed by atoms with E-state index in [1.165, 1.54) is 0 Å². The molecule has 0 fully saturated rings. The fraction of sp³-hybridized carbons (Fsp3) is 0. The molecule has 0 atom stereocenters. The van der Waals surface area contributed by atoms with E-state index in [2.05, 4.69) is 96.9 Å². The van der Waals surface area contributed by atoms with Crippen molar-refractivity contribution in [3.63, 3.8) is 0 Å². The van der Waals surface area contributed by atoms with Crippen LogP contribution in [0.15, 0.2) is 52.6 Å². The van der Waals surface area contributed by atoms with Crippen LogP contribution >= 0.6 is 0 Å². The highest BCUT2D eigenvalue weighted by Crippen LogP contribution is 2.25. The molecule has 1 aliphatic heterocycles. The van der Waals surface area contributed by atoms with Crippen LogP contribution in [0.4, 0.5) is 0 Å². The van der Waals surface area contributed by atoms with Gasteiger partial charge >= 0.3 is 0 Å². The minimum absolute atomic E-state index is 0.889. The molecule has 8 bridgehead atoms. The lowest BCUT2D eigenvalue weighted by Crippen LogP contribution is -2.12. The van der Waals surface area contributed by atoms with Gasteiger partial charge in [-0.15, -0.1) is 0 Å². The van der Waals surface area contributed by atoms with E-state index in [4.69, 9.17) is 0 Å². The van der Waals surface area contributed by atoms with Crippen LogP contribution in [0.3, 0.4) is 0 Å². The van der Waals surface area contributed by atoms with Crippen LogP contribution in [-0.4, -0.2) is 19.9 Å². The largest absolute Gasteiger partial charge is 0.354 e. The summed E-state index contributed by atoms with van der Waals surface area (Å²) >= 11 is 0. The Morgan fingerprint density at radius 1 is 0.300 bits per heavy atom. The smallest absolute Gasteiger partial charge is 0.0485 e. The molecule has 0 radical (unpaired) electrons. The fourth-order valence-corrected chi connectivity index (χ4v) is 5.53.